The van der Waals surface area contributed by atoms with Crippen molar-refractivity contribution in [3.8, 4) is 0 Å². The second kappa shape index (κ2) is 7.15. The van der Waals surface area contributed by atoms with Crippen molar-refractivity contribution in [2.75, 3.05) is 0 Å². The molecule has 0 aromatic heterocycles. The molecule has 0 fully saturated rings. The summed E-state index contributed by atoms with van der Waals surface area (Å²) in [6.07, 6.45) is 0. The van der Waals surface area contributed by atoms with Crippen molar-refractivity contribution in [3.05, 3.63) is 58.7 Å². The van der Waals surface area contributed by atoms with Crippen LogP contribution in [-0.4, -0.2) is 0 Å². The van der Waals surface area contributed by atoms with Gasteiger partial charge in [-0.2, -0.15) is 0 Å². The zero-order valence-electron chi connectivity index (χ0n) is 11.0. The Balaban J connectivity index is 0.000000204. The molecule has 6 heteroatoms. The van der Waals surface area contributed by atoms with Gasteiger partial charge in [0.15, 0.2) is 11.6 Å². The van der Waals surface area contributed by atoms with Crippen molar-refractivity contribution in [3.63, 3.8) is 0 Å². The summed E-state index contributed by atoms with van der Waals surface area (Å²) in [5, 5.41) is 0.999. The first kappa shape index (κ1) is 17.1. The Hall–Kier alpha value is -0.980. The molecule has 0 amide bonds. The van der Waals surface area contributed by atoms with E-state index in [4.69, 9.17) is 0 Å². The van der Waals surface area contributed by atoms with Crippen molar-refractivity contribution in [1.82, 2.24) is 0 Å². The maximum absolute atomic E-state index is 12.6. The van der Waals surface area contributed by atoms with E-state index in [0.717, 1.165) is 5.30 Å². The van der Waals surface area contributed by atoms with Crippen molar-refractivity contribution >= 4 is 29.1 Å². The van der Waals surface area contributed by atoms with Crippen LogP contribution >= 0.6 is 18.5 Å². The maximum atomic E-state index is 12.6. The fraction of sp³-hybridized carbons (Fsp3) is 0.143. The molecule has 2 aromatic rings. The molecule has 0 aliphatic heterocycles. The Kier molecular flexibility index (Phi) is 6.10. The van der Waals surface area contributed by atoms with Gasteiger partial charge in [0.1, 0.15) is 11.6 Å². The second-order valence-corrected chi connectivity index (χ2v) is 5.35. The first-order chi connectivity index (χ1) is 9.25. The van der Waals surface area contributed by atoms with Crippen LogP contribution in [0.5, 0.6) is 0 Å². The number of benzene rings is 2. The normalized spacial score (nSPS) is 10.0. The standard InChI is InChI=1S/C7H6F3P.C7H8FP/c1-3-6(10)4(8)2-5(9)7(3)11;1-5-6(8)3-2-4-7(5)9/h2H,11H2,1H3;2-4H,9H2,1H3. The summed E-state index contributed by atoms with van der Waals surface area (Å²) in [5.41, 5.74) is 0.704. The third-order valence-electron chi connectivity index (χ3n) is 2.76. The summed E-state index contributed by atoms with van der Waals surface area (Å²) in [6.45, 7) is 3.08. The molecule has 0 heterocycles. The van der Waals surface area contributed by atoms with Gasteiger partial charge in [-0.15, -0.1) is 18.5 Å². The van der Waals surface area contributed by atoms with E-state index in [1.54, 1.807) is 13.0 Å². The van der Waals surface area contributed by atoms with Crippen LogP contribution in [-0.2, 0) is 0 Å². The molecule has 0 spiro atoms. The average molecular weight is 320 g/mol. The van der Waals surface area contributed by atoms with Crippen molar-refractivity contribution in [2.24, 2.45) is 0 Å². The van der Waals surface area contributed by atoms with Crippen LogP contribution in [0.2, 0.25) is 0 Å². The molecule has 2 rings (SSSR count). The van der Waals surface area contributed by atoms with Gasteiger partial charge in [0.25, 0.3) is 0 Å². The van der Waals surface area contributed by atoms with E-state index in [2.05, 4.69) is 9.24 Å². The highest BCUT2D eigenvalue weighted by Gasteiger charge is 2.11. The maximum Gasteiger partial charge on any atom is 0.162 e. The van der Waals surface area contributed by atoms with Crippen LogP contribution in [0.4, 0.5) is 17.6 Å². The smallest absolute Gasteiger partial charge is 0.162 e. The molecular weight excluding hydrogens is 306 g/mol. The quantitative estimate of drug-likeness (QED) is 0.396. The molecule has 0 nitrogen and oxygen atoms in total. The summed E-state index contributed by atoms with van der Waals surface area (Å²) >= 11 is 0. The monoisotopic (exact) mass is 320 g/mol. The number of halogens is 4. The number of rotatable bonds is 0. The molecule has 0 aliphatic carbocycles. The van der Waals surface area contributed by atoms with Gasteiger partial charge in [-0.1, -0.05) is 12.1 Å². The lowest BCUT2D eigenvalue weighted by molar-refractivity contribution is 0.492. The summed E-state index contributed by atoms with van der Waals surface area (Å²) in [4.78, 5) is 0. The molecule has 0 N–H and O–H groups in total. The van der Waals surface area contributed by atoms with Crippen LogP contribution in [0, 0.1) is 37.1 Å². The van der Waals surface area contributed by atoms with Crippen LogP contribution in [0.3, 0.4) is 0 Å². The van der Waals surface area contributed by atoms with Gasteiger partial charge in [0, 0.05) is 11.4 Å². The van der Waals surface area contributed by atoms with Crippen LogP contribution in [0.1, 0.15) is 11.1 Å². The van der Waals surface area contributed by atoms with E-state index in [1.165, 1.54) is 13.0 Å². The lowest BCUT2D eigenvalue weighted by Gasteiger charge is -2.02. The summed E-state index contributed by atoms with van der Waals surface area (Å²) in [7, 11) is 4.50. The summed E-state index contributed by atoms with van der Waals surface area (Å²) in [6, 6.07) is 5.56. The van der Waals surface area contributed by atoms with Gasteiger partial charge >= 0.3 is 0 Å². The van der Waals surface area contributed by atoms with Gasteiger partial charge in [0.05, 0.1) is 0 Å². The second-order valence-electron chi connectivity index (χ2n) is 4.15. The first-order valence-corrected chi connectivity index (χ1v) is 6.81. The third kappa shape index (κ3) is 4.01. The minimum absolute atomic E-state index is 0.00694. The van der Waals surface area contributed by atoms with Crippen LogP contribution < -0.4 is 10.6 Å². The summed E-state index contributed by atoms with van der Waals surface area (Å²) in [5.74, 6) is -3.02. The van der Waals surface area contributed by atoms with E-state index in [1.807, 2.05) is 15.3 Å². The van der Waals surface area contributed by atoms with Gasteiger partial charge in [-0.3, -0.25) is 0 Å². The predicted octanol–water partition coefficient (Wildman–Crippen LogP) is 3.55. The highest BCUT2D eigenvalue weighted by atomic mass is 31.0. The Morgan fingerprint density at radius 3 is 1.90 bits per heavy atom. The van der Waals surface area contributed by atoms with Gasteiger partial charge in [-0.25, -0.2) is 17.6 Å². The van der Waals surface area contributed by atoms with E-state index < -0.39 is 17.5 Å². The highest BCUT2D eigenvalue weighted by Crippen LogP contribution is 2.13. The molecule has 2 unspecified atom stereocenters. The molecule has 0 radical (unpaired) electrons. The van der Waals surface area contributed by atoms with Crippen LogP contribution in [0.25, 0.3) is 0 Å². The Bertz CT molecular complexity index is 581. The van der Waals surface area contributed by atoms with E-state index in [0.29, 0.717) is 11.6 Å². The topological polar surface area (TPSA) is 0 Å². The molecule has 108 valence electrons. The molecule has 2 aromatic carbocycles. The fourth-order valence-corrected chi connectivity index (χ4v) is 1.81. The molecule has 20 heavy (non-hydrogen) atoms. The highest BCUT2D eigenvalue weighted by molar-refractivity contribution is 7.27. The lowest BCUT2D eigenvalue weighted by atomic mass is 10.2. The van der Waals surface area contributed by atoms with E-state index in [9.17, 15) is 17.6 Å². The van der Waals surface area contributed by atoms with Crippen LogP contribution in [0.15, 0.2) is 24.3 Å². The Morgan fingerprint density at radius 1 is 0.800 bits per heavy atom. The SMILES string of the molecule is Cc1c(F)c(F)cc(F)c1P.Cc1c(F)cccc1P. The summed E-state index contributed by atoms with van der Waals surface area (Å²) < 4.78 is 50.2. The zero-order valence-corrected chi connectivity index (χ0v) is 13.3. The zero-order chi connectivity index (χ0) is 15.4. The Labute approximate surface area is 120 Å². The molecule has 0 aliphatic rings. The molecule has 0 bridgehead atoms. The first-order valence-electron chi connectivity index (χ1n) is 5.65. The average Bonchev–Trinajstić information content (AvgIpc) is 2.41. The molecular formula is C14H14F4P2. The molecule has 0 saturated heterocycles. The van der Waals surface area contributed by atoms with Crippen molar-refractivity contribution < 1.29 is 17.6 Å². The predicted molar refractivity (Wildman–Crippen MR) is 80.9 cm³/mol. The third-order valence-corrected chi connectivity index (χ3v) is 4.10. The van der Waals surface area contributed by atoms with Gasteiger partial charge in [0.2, 0.25) is 0 Å². The van der Waals surface area contributed by atoms with Gasteiger partial charge in [-0.05, 0) is 36.3 Å². The molecule has 0 saturated carbocycles. The molecule has 2 atom stereocenters. The number of hydrogen-bond donors (Lipinski definition) is 0. The lowest BCUT2D eigenvalue weighted by Crippen LogP contribution is -2.08. The largest absolute Gasteiger partial charge is 0.207 e. The van der Waals surface area contributed by atoms with Gasteiger partial charge < -0.3 is 0 Å². The number of hydrogen-bond acceptors (Lipinski definition) is 0. The van der Waals surface area contributed by atoms with E-state index in [-0.39, 0.29) is 16.7 Å². The minimum Gasteiger partial charge on any atom is -0.207 e. The Morgan fingerprint density at radius 2 is 1.40 bits per heavy atom. The minimum atomic E-state index is -1.15. The van der Waals surface area contributed by atoms with E-state index >= 15 is 0 Å². The van der Waals surface area contributed by atoms with Crippen molar-refractivity contribution in [2.45, 2.75) is 13.8 Å². The fourth-order valence-electron chi connectivity index (χ4n) is 1.35. The van der Waals surface area contributed by atoms with Crippen molar-refractivity contribution in [1.29, 1.82) is 0 Å².